The van der Waals surface area contributed by atoms with Crippen molar-refractivity contribution in [2.45, 2.75) is 58.2 Å². The number of nitrogens with zero attached hydrogens (tertiary/aromatic N) is 3. The Morgan fingerprint density at radius 2 is 2.10 bits per heavy atom. The molecule has 2 aliphatic rings. The van der Waals surface area contributed by atoms with E-state index in [0.29, 0.717) is 31.7 Å². The zero-order valence-corrected chi connectivity index (χ0v) is 17.8. The van der Waals surface area contributed by atoms with Crippen molar-refractivity contribution < 1.29 is 19.1 Å². The van der Waals surface area contributed by atoms with E-state index in [9.17, 15) is 9.59 Å². The van der Waals surface area contributed by atoms with Crippen LogP contribution >= 0.6 is 0 Å². The van der Waals surface area contributed by atoms with E-state index in [0.717, 1.165) is 25.1 Å². The van der Waals surface area contributed by atoms with Crippen LogP contribution in [-0.2, 0) is 22.4 Å². The third kappa shape index (κ3) is 5.38. The van der Waals surface area contributed by atoms with Crippen molar-refractivity contribution in [2.24, 2.45) is 5.92 Å². The summed E-state index contributed by atoms with van der Waals surface area (Å²) in [6.45, 7) is 7.95. The van der Waals surface area contributed by atoms with Crippen LogP contribution in [0.25, 0.3) is 0 Å². The minimum Gasteiger partial charge on any atom is -0.444 e. The number of aryl methyl sites for hydroxylation is 1. The molecule has 3 heterocycles. The first kappa shape index (κ1) is 21.4. The van der Waals surface area contributed by atoms with Crippen LogP contribution in [0.3, 0.4) is 0 Å². The molecule has 0 fully saturated rings. The van der Waals surface area contributed by atoms with E-state index in [2.05, 4.69) is 16.5 Å². The molecule has 160 valence electrons. The number of hydrogen-bond donors (Lipinski definition) is 1. The number of amides is 2. The van der Waals surface area contributed by atoms with Crippen molar-refractivity contribution in [1.29, 1.82) is 0 Å². The first-order valence-corrected chi connectivity index (χ1v) is 10.3. The summed E-state index contributed by atoms with van der Waals surface area (Å²) in [5.41, 5.74) is 1.09. The smallest absolute Gasteiger partial charge is 0.407 e. The van der Waals surface area contributed by atoms with Gasteiger partial charge >= 0.3 is 6.09 Å². The van der Waals surface area contributed by atoms with Crippen LogP contribution in [-0.4, -0.2) is 65.1 Å². The second kappa shape index (κ2) is 8.98. The number of carbonyl (C=O) groups excluding carboxylic acids is 2. The molecule has 0 saturated heterocycles. The Labute approximate surface area is 172 Å². The molecule has 0 saturated carbocycles. The Bertz CT molecular complexity index is 765. The fourth-order valence-corrected chi connectivity index (χ4v) is 3.85. The molecule has 1 aromatic rings. The normalized spacial score (nSPS) is 21.6. The number of nitrogens with one attached hydrogen (secondary N) is 1. The van der Waals surface area contributed by atoms with Gasteiger partial charge < -0.3 is 19.7 Å². The van der Waals surface area contributed by atoms with Crippen molar-refractivity contribution in [2.75, 3.05) is 26.8 Å². The minimum absolute atomic E-state index is 0.00148. The van der Waals surface area contributed by atoms with Gasteiger partial charge in [0.15, 0.2) is 0 Å². The lowest BCUT2D eigenvalue weighted by atomic mass is 9.94. The van der Waals surface area contributed by atoms with Crippen LogP contribution in [0.15, 0.2) is 18.3 Å². The molecule has 0 bridgehead atoms. The summed E-state index contributed by atoms with van der Waals surface area (Å²) in [4.78, 5) is 27.1. The van der Waals surface area contributed by atoms with Crippen molar-refractivity contribution in [3.63, 3.8) is 0 Å². The quantitative estimate of drug-likeness (QED) is 0.762. The Balaban J connectivity index is 1.65. The van der Waals surface area contributed by atoms with Gasteiger partial charge in [0, 0.05) is 26.7 Å². The highest BCUT2D eigenvalue weighted by Gasteiger charge is 2.31. The Morgan fingerprint density at radius 1 is 1.31 bits per heavy atom. The van der Waals surface area contributed by atoms with Crippen LogP contribution < -0.4 is 5.32 Å². The lowest BCUT2D eigenvalue weighted by Gasteiger charge is -2.32. The molecule has 0 aliphatic carbocycles. The molecule has 0 spiro atoms. The number of methoxy groups -OCH3 is 1. The fourth-order valence-electron chi connectivity index (χ4n) is 3.85. The second-order valence-corrected chi connectivity index (χ2v) is 8.71. The topological polar surface area (TPSA) is 85.7 Å². The highest BCUT2D eigenvalue weighted by molar-refractivity contribution is 5.95. The molecule has 2 atom stereocenters. The predicted molar refractivity (Wildman–Crippen MR) is 109 cm³/mol. The van der Waals surface area contributed by atoms with Crippen LogP contribution in [0.2, 0.25) is 0 Å². The molecule has 29 heavy (non-hydrogen) atoms. The highest BCUT2D eigenvalue weighted by Crippen LogP contribution is 2.25. The van der Waals surface area contributed by atoms with Gasteiger partial charge in [-0.1, -0.05) is 12.2 Å². The van der Waals surface area contributed by atoms with Crippen LogP contribution in [0.4, 0.5) is 4.79 Å². The predicted octanol–water partition coefficient (Wildman–Crippen LogP) is 2.39. The number of alkyl carbamates (subject to hydrolysis) is 1. The largest absolute Gasteiger partial charge is 0.444 e. The molecule has 0 radical (unpaired) electrons. The second-order valence-electron chi connectivity index (χ2n) is 8.71. The number of rotatable bonds is 5. The van der Waals surface area contributed by atoms with Gasteiger partial charge in [-0.05, 0) is 46.0 Å². The average molecular weight is 405 g/mol. The van der Waals surface area contributed by atoms with Crippen molar-refractivity contribution in [3.05, 3.63) is 29.6 Å². The first-order valence-electron chi connectivity index (χ1n) is 10.3. The zero-order valence-electron chi connectivity index (χ0n) is 17.8. The van der Waals surface area contributed by atoms with Gasteiger partial charge in [-0.3, -0.25) is 9.48 Å². The van der Waals surface area contributed by atoms with E-state index in [1.807, 2.05) is 36.4 Å². The maximum absolute atomic E-state index is 13.2. The van der Waals surface area contributed by atoms with E-state index >= 15 is 0 Å². The van der Waals surface area contributed by atoms with E-state index < -0.39 is 11.7 Å². The standard InChI is InChI=1S/C21H32N4O4/c1-21(2,3)29-20(27)22-12-15-8-10-25-18(11-15)17(13-23-25)19(26)24-9-6-5-7-16(24)14-28-4/h5,7,13,15-16H,6,8-12,14H2,1-4H3,(H,22,27). The van der Waals surface area contributed by atoms with Crippen molar-refractivity contribution in [3.8, 4) is 0 Å². The zero-order chi connectivity index (χ0) is 21.0. The molecule has 8 nitrogen and oxygen atoms in total. The molecular formula is C21H32N4O4. The van der Waals surface area contributed by atoms with Gasteiger partial charge in [-0.15, -0.1) is 0 Å². The number of hydrogen-bond acceptors (Lipinski definition) is 5. The number of fused-ring (bicyclic) bond motifs is 1. The van der Waals surface area contributed by atoms with Gasteiger partial charge in [0.1, 0.15) is 5.60 Å². The SMILES string of the molecule is COCC1C=CCCN1C(=O)c1cnn2c1CC(CNC(=O)OC(C)(C)C)CC2. The molecule has 0 aromatic carbocycles. The third-order valence-electron chi connectivity index (χ3n) is 5.24. The monoisotopic (exact) mass is 404 g/mol. The van der Waals surface area contributed by atoms with Gasteiger partial charge in [0.05, 0.1) is 30.1 Å². The summed E-state index contributed by atoms with van der Waals surface area (Å²) < 4.78 is 12.5. The lowest BCUT2D eigenvalue weighted by Crippen LogP contribution is -2.44. The minimum atomic E-state index is -0.517. The molecule has 1 aromatic heterocycles. The first-order chi connectivity index (χ1) is 13.8. The van der Waals surface area contributed by atoms with Gasteiger partial charge in [0.2, 0.25) is 0 Å². The number of ether oxygens (including phenoxy) is 2. The summed E-state index contributed by atoms with van der Waals surface area (Å²) >= 11 is 0. The van der Waals surface area contributed by atoms with E-state index in [1.165, 1.54) is 0 Å². The van der Waals surface area contributed by atoms with E-state index in [1.54, 1.807) is 13.3 Å². The van der Waals surface area contributed by atoms with E-state index in [4.69, 9.17) is 9.47 Å². The molecule has 2 unspecified atom stereocenters. The molecule has 2 aliphatic heterocycles. The Morgan fingerprint density at radius 3 is 2.83 bits per heavy atom. The maximum atomic E-state index is 13.2. The van der Waals surface area contributed by atoms with E-state index in [-0.39, 0.29) is 17.9 Å². The summed E-state index contributed by atoms with van der Waals surface area (Å²) in [6.07, 6.45) is 7.86. The fraction of sp³-hybridized carbons (Fsp3) is 0.667. The van der Waals surface area contributed by atoms with Gasteiger partial charge in [0.25, 0.3) is 5.91 Å². The van der Waals surface area contributed by atoms with Gasteiger partial charge in [-0.25, -0.2) is 4.79 Å². The Kier molecular flexibility index (Phi) is 6.62. The average Bonchev–Trinajstić information content (AvgIpc) is 3.08. The lowest BCUT2D eigenvalue weighted by molar-refractivity contribution is 0.0514. The van der Waals surface area contributed by atoms with Crippen molar-refractivity contribution in [1.82, 2.24) is 20.0 Å². The van der Waals surface area contributed by atoms with Crippen molar-refractivity contribution >= 4 is 12.0 Å². The highest BCUT2D eigenvalue weighted by atomic mass is 16.6. The van der Waals surface area contributed by atoms with Crippen LogP contribution in [0.1, 0.15) is 49.7 Å². The Hall–Kier alpha value is -2.35. The molecule has 3 rings (SSSR count). The van der Waals surface area contributed by atoms with Crippen LogP contribution in [0.5, 0.6) is 0 Å². The summed E-state index contributed by atoms with van der Waals surface area (Å²) in [5.74, 6) is 0.243. The van der Waals surface area contributed by atoms with Crippen LogP contribution in [0, 0.1) is 5.92 Å². The maximum Gasteiger partial charge on any atom is 0.407 e. The summed E-state index contributed by atoms with van der Waals surface area (Å²) in [6, 6.07) is -0.0509. The molecule has 8 heteroatoms. The third-order valence-corrected chi connectivity index (χ3v) is 5.24. The molecule has 2 amide bonds. The van der Waals surface area contributed by atoms with Gasteiger partial charge in [-0.2, -0.15) is 5.10 Å². The molecular weight excluding hydrogens is 372 g/mol. The molecule has 1 N–H and O–H groups in total. The summed E-state index contributed by atoms with van der Waals surface area (Å²) in [5, 5.41) is 7.29. The summed E-state index contributed by atoms with van der Waals surface area (Å²) in [7, 11) is 1.65. The number of carbonyl (C=O) groups is 2. The number of aromatic nitrogens is 2.